The predicted molar refractivity (Wildman–Crippen MR) is 68.6 cm³/mol. The Morgan fingerprint density at radius 3 is 2.61 bits per heavy atom. The lowest BCUT2D eigenvalue weighted by Crippen LogP contribution is -2.38. The van der Waals surface area contributed by atoms with Gasteiger partial charge >= 0.3 is 6.09 Å². The average Bonchev–Trinajstić information content (AvgIpc) is 2.37. The molecule has 0 saturated heterocycles. The van der Waals surface area contributed by atoms with Gasteiger partial charge in [-0.2, -0.15) is 5.26 Å². The van der Waals surface area contributed by atoms with E-state index in [9.17, 15) is 4.79 Å². The second-order valence-electron chi connectivity index (χ2n) is 4.42. The molecule has 1 atom stereocenters. The third-order valence-corrected chi connectivity index (χ3v) is 2.63. The summed E-state index contributed by atoms with van der Waals surface area (Å²) in [5, 5.41) is 11.4. The number of carbonyl (C=O) groups is 1. The van der Waals surface area contributed by atoms with Crippen LogP contribution in [0.1, 0.15) is 25.8 Å². The van der Waals surface area contributed by atoms with Gasteiger partial charge in [0.25, 0.3) is 0 Å². The summed E-state index contributed by atoms with van der Waals surface area (Å²) in [6.45, 7) is 4.16. The minimum absolute atomic E-state index is 0.168. The molecule has 0 spiro atoms. The molecule has 0 saturated carbocycles. The molecule has 18 heavy (non-hydrogen) atoms. The Morgan fingerprint density at radius 2 is 2.06 bits per heavy atom. The molecule has 0 aromatic heterocycles. The zero-order chi connectivity index (χ0) is 13.4. The first kappa shape index (κ1) is 14.0. The molecule has 1 unspecified atom stereocenters. The Balaban J connectivity index is 2.39. The number of ether oxygens (including phenoxy) is 1. The molecule has 1 aromatic carbocycles. The number of rotatable bonds is 5. The lowest BCUT2D eigenvalue weighted by Gasteiger charge is -2.19. The quantitative estimate of drug-likeness (QED) is 0.869. The van der Waals surface area contributed by atoms with Crippen molar-refractivity contribution in [1.82, 2.24) is 5.32 Å². The topological polar surface area (TPSA) is 62.1 Å². The highest BCUT2D eigenvalue weighted by atomic mass is 16.5. The van der Waals surface area contributed by atoms with Gasteiger partial charge in [-0.05, 0) is 11.5 Å². The number of nitrogens with zero attached hydrogens (tertiary/aromatic N) is 1. The average molecular weight is 246 g/mol. The number of amides is 1. The van der Waals surface area contributed by atoms with Gasteiger partial charge in [-0.3, -0.25) is 0 Å². The largest absolute Gasteiger partial charge is 0.445 e. The van der Waals surface area contributed by atoms with Crippen LogP contribution in [0.2, 0.25) is 0 Å². The number of nitrogens with one attached hydrogen (secondary N) is 1. The van der Waals surface area contributed by atoms with E-state index in [1.165, 1.54) is 0 Å². The first-order valence-electron chi connectivity index (χ1n) is 5.97. The summed E-state index contributed by atoms with van der Waals surface area (Å²) in [6, 6.07) is 11.4. The number of hydrogen-bond donors (Lipinski definition) is 1. The smallest absolute Gasteiger partial charge is 0.407 e. The Bertz CT molecular complexity index is 410. The van der Waals surface area contributed by atoms with Crippen LogP contribution >= 0.6 is 0 Å². The summed E-state index contributed by atoms with van der Waals surface area (Å²) >= 11 is 0. The molecule has 1 aromatic rings. The number of alkyl carbamates (subject to hydrolysis) is 1. The van der Waals surface area contributed by atoms with E-state index in [0.29, 0.717) is 0 Å². The van der Waals surface area contributed by atoms with Crippen molar-refractivity contribution in [2.45, 2.75) is 32.9 Å². The molecule has 0 aliphatic heterocycles. The normalized spacial score (nSPS) is 11.7. The molecule has 0 aliphatic carbocycles. The monoisotopic (exact) mass is 246 g/mol. The second-order valence-corrected chi connectivity index (χ2v) is 4.42. The Kier molecular flexibility index (Phi) is 5.72. The van der Waals surface area contributed by atoms with E-state index in [-0.39, 0.29) is 25.0 Å². The summed E-state index contributed by atoms with van der Waals surface area (Å²) in [7, 11) is 0. The fourth-order valence-corrected chi connectivity index (χ4v) is 1.47. The predicted octanol–water partition coefficient (Wildman–Crippen LogP) is 2.85. The third-order valence-electron chi connectivity index (χ3n) is 2.63. The van der Waals surface area contributed by atoms with Crippen LogP contribution in [-0.2, 0) is 11.3 Å². The van der Waals surface area contributed by atoms with Crippen molar-refractivity contribution in [1.29, 1.82) is 5.26 Å². The van der Waals surface area contributed by atoms with Crippen molar-refractivity contribution in [3.63, 3.8) is 0 Å². The fraction of sp³-hybridized carbons (Fsp3) is 0.429. The van der Waals surface area contributed by atoms with Gasteiger partial charge in [0.05, 0.1) is 12.5 Å². The van der Waals surface area contributed by atoms with Crippen LogP contribution in [0, 0.1) is 17.2 Å². The summed E-state index contributed by atoms with van der Waals surface area (Å²) in [5.74, 6) is 0.203. The molecule has 1 N–H and O–H groups in total. The van der Waals surface area contributed by atoms with E-state index in [1.807, 2.05) is 44.2 Å². The van der Waals surface area contributed by atoms with E-state index >= 15 is 0 Å². The molecule has 0 radical (unpaired) electrons. The lowest BCUT2D eigenvalue weighted by molar-refractivity contribution is 0.133. The highest BCUT2D eigenvalue weighted by Gasteiger charge is 2.16. The third kappa shape index (κ3) is 4.88. The van der Waals surface area contributed by atoms with Gasteiger partial charge < -0.3 is 10.1 Å². The standard InChI is InChI=1S/C14H18N2O2/c1-11(2)13(8-9-15)16-14(17)18-10-12-6-4-3-5-7-12/h3-7,11,13H,8,10H2,1-2H3,(H,16,17). The van der Waals surface area contributed by atoms with E-state index in [0.717, 1.165) is 5.56 Å². The van der Waals surface area contributed by atoms with Crippen LogP contribution in [0.4, 0.5) is 4.79 Å². The van der Waals surface area contributed by atoms with Gasteiger partial charge in [-0.25, -0.2) is 4.79 Å². The van der Waals surface area contributed by atoms with Crippen LogP contribution in [-0.4, -0.2) is 12.1 Å². The molecule has 0 bridgehead atoms. The Morgan fingerprint density at radius 1 is 1.39 bits per heavy atom. The molecule has 0 heterocycles. The van der Waals surface area contributed by atoms with Crippen LogP contribution in [0.5, 0.6) is 0 Å². The van der Waals surface area contributed by atoms with Crippen molar-refractivity contribution in [2.24, 2.45) is 5.92 Å². The highest BCUT2D eigenvalue weighted by molar-refractivity contribution is 5.67. The Hall–Kier alpha value is -2.02. The Labute approximate surface area is 108 Å². The molecular formula is C14H18N2O2. The SMILES string of the molecule is CC(C)C(CC#N)NC(=O)OCc1ccccc1. The van der Waals surface area contributed by atoms with Crippen LogP contribution < -0.4 is 5.32 Å². The number of benzene rings is 1. The van der Waals surface area contributed by atoms with E-state index in [4.69, 9.17) is 10.00 Å². The minimum atomic E-state index is -0.479. The van der Waals surface area contributed by atoms with Crippen molar-refractivity contribution in [2.75, 3.05) is 0 Å². The first-order chi connectivity index (χ1) is 8.63. The van der Waals surface area contributed by atoms with Gasteiger partial charge in [0.2, 0.25) is 0 Å². The van der Waals surface area contributed by atoms with Crippen LogP contribution in [0.3, 0.4) is 0 Å². The zero-order valence-corrected chi connectivity index (χ0v) is 10.7. The maximum atomic E-state index is 11.6. The summed E-state index contributed by atoms with van der Waals surface area (Å²) in [6.07, 6.45) is -0.189. The van der Waals surface area contributed by atoms with Gasteiger partial charge in [0.1, 0.15) is 6.61 Å². The van der Waals surface area contributed by atoms with Crippen LogP contribution in [0.25, 0.3) is 0 Å². The van der Waals surface area contributed by atoms with Gasteiger partial charge in [0.15, 0.2) is 0 Å². The maximum absolute atomic E-state index is 11.6. The van der Waals surface area contributed by atoms with Crippen molar-refractivity contribution >= 4 is 6.09 Å². The minimum Gasteiger partial charge on any atom is -0.445 e. The lowest BCUT2D eigenvalue weighted by atomic mass is 10.0. The molecular weight excluding hydrogens is 228 g/mol. The van der Waals surface area contributed by atoms with E-state index in [2.05, 4.69) is 11.4 Å². The zero-order valence-electron chi connectivity index (χ0n) is 10.7. The maximum Gasteiger partial charge on any atom is 0.407 e. The molecule has 0 aliphatic rings. The molecule has 1 amide bonds. The number of hydrogen-bond acceptors (Lipinski definition) is 3. The van der Waals surface area contributed by atoms with E-state index in [1.54, 1.807) is 0 Å². The van der Waals surface area contributed by atoms with Gasteiger partial charge in [-0.15, -0.1) is 0 Å². The molecule has 4 heteroatoms. The second kappa shape index (κ2) is 7.33. The van der Waals surface area contributed by atoms with Gasteiger partial charge in [-0.1, -0.05) is 44.2 Å². The van der Waals surface area contributed by atoms with Gasteiger partial charge in [0, 0.05) is 6.04 Å². The van der Waals surface area contributed by atoms with E-state index < -0.39 is 6.09 Å². The summed E-state index contributed by atoms with van der Waals surface area (Å²) in [4.78, 5) is 11.6. The molecule has 96 valence electrons. The number of carbonyl (C=O) groups excluding carboxylic acids is 1. The van der Waals surface area contributed by atoms with Crippen molar-refractivity contribution in [3.8, 4) is 6.07 Å². The first-order valence-corrected chi connectivity index (χ1v) is 5.97. The van der Waals surface area contributed by atoms with Crippen molar-refractivity contribution in [3.05, 3.63) is 35.9 Å². The molecule has 1 rings (SSSR count). The van der Waals surface area contributed by atoms with Crippen molar-refractivity contribution < 1.29 is 9.53 Å². The molecule has 4 nitrogen and oxygen atoms in total. The highest BCUT2D eigenvalue weighted by Crippen LogP contribution is 2.06. The molecule has 0 fully saturated rings. The summed E-state index contributed by atoms with van der Waals surface area (Å²) in [5.41, 5.74) is 0.939. The number of nitriles is 1. The van der Waals surface area contributed by atoms with Crippen LogP contribution in [0.15, 0.2) is 30.3 Å². The summed E-state index contributed by atoms with van der Waals surface area (Å²) < 4.78 is 5.10. The fourth-order valence-electron chi connectivity index (χ4n) is 1.47.